The Morgan fingerprint density at radius 2 is 1.76 bits per heavy atom. The molecule has 5 rings (SSSR count). The highest BCUT2D eigenvalue weighted by Gasteiger charge is 2.48. The van der Waals surface area contributed by atoms with E-state index in [0.29, 0.717) is 24.6 Å². The molecule has 1 fully saturated rings. The molecule has 34 heavy (non-hydrogen) atoms. The van der Waals surface area contributed by atoms with Crippen LogP contribution in [0.3, 0.4) is 0 Å². The van der Waals surface area contributed by atoms with E-state index in [1.807, 2.05) is 11.9 Å². The fourth-order valence-electron chi connectivity index (χ4n) is 4.39. The van der Waals surface area contributed by atoms with E-state index < -0.39 is 29.3 Å². The van der Waals surface area contributed by atoms with Gasteiger partial charge in [0, 0.05) is 18.2 Å². The van der Waals surface area contributed by atoms with Crippen molar-refractivity contribution in [2.45, 2.75) is 6.04 Å². The van der Waals surface area contributed by atoms with E-state index in [1.54, 1.807) is 36.4 Å². The number of anilines is 2. The van der Waals surface area contributed by atoms with E-state index in [9.17, 15) is 24.2 Å². The van der Waals surface area contributed by atoms with Crippen molar-refractivity contribution in [1.29, 1.82) is 0 Å². The number of aromatic hydroxyl groups is 1. The Morgan fingerprint density at radius 3 is 2.53 bits per heavy atom. The highest BCUT2D eigenvalue weighted by atomic mass is 19.1. The van der Waals surface area contributed by atoms with Gasteiger partial charge in [0.2, 0.25) is 0 Å². The normalized spacial score (nSPS) is 19.2. The van der Waals surface area contributed by atoms with Crippen LogP contribution in [0.2, 0.25) is 0 Å². The molecule has 0 aliphatic carbocycles. The summed E-state index contributed by atoms with van der Waals surface area (Å²) in [4.78, 5) is 29.3. The molecule has 0 bridgehead atoms. The number of aliphatic hydroxyl groups excluding tert-OH is 1. The number of hydrogen-bond acceptors (Lipinski definition) is 6. The lowest BCUT2D eigenvalue weighted by atomic mass is 9.94. The van der Waals surface area contributed by atoms with Gasteiger partial charge in [-0.05, 0) is 36.4 Å². The van der Waals surface area contributed by atoms with Crippen molar-refractivity contribution < 1.29 is 28.9 Å². The number of amides is 1. The van der Waals surface area contributed by atoms with Crippen LogP contribution < -0.4 is 14.5 Å². The second-order valence-corrected chi connectivity index (χ2v) is 8.13. The summed E-state index contributed by atoms with van der Waals surface area (Å²) in [6.07, 6.45) is 0. The molecule has 2 aliphatic rings. The predicted molar refractivity (Wildman–Crippen MR) is 124 cm³/mol. The average molecular weight is 460 g/mol. The third-order valence-electron chi connectivity index (χ3n) is 6.11. The van der Waals surface area contributed by atoms with Crippen LogP contribution in [-0.2, 0) is 9.59 Å². The second-order valence-electron chi connectivity index (χ2n) is 8.13. The van der Waals surface area contributed by atoms with Gasteiger partial charge in [0.1, 0.15) is 29.7 Å². The molecule has 1 unspecified atom stereocenters. The Labute approximate surface area is 194 Å². The lowest BCUT2D eigenvalue weighted by molar-refractivity contribution is -0.132. The van der Waals surface area contributed by atoms with Crippen molar-refractivity contribution in [2.24, 2.45) is 0 Å². The minimum atomic E-state index is -1.28. The first-order valence-corrected chi connectivity index (χ1v) is 10.7. The zero-order chi connectivity index (χ0) is 24.0. The number of phenolic OH excluding ortho intramolecular Hbond substituents is 1. The SMILES string of the molecule is CN1CCOc2ccc(/C(O)=C3\C(=O)C(=O)N(c4ccccc4O)C3c3ccccc3F)cc21. The monoisotopic (exact) mass is 460 g/mol. The molecule has 1 amide bonds. The molecule has 3 aromatic carbocycles. The molecule has 2 heterocycles. The van der Waals surface area contributed by atoms with Gasteiger partial charge in [0.15, 0.2) is 0 Å². The Morgan fingerprint density at radius 1 is 1.03 bits per heavy atom. The Kier molecular flexibility index (Phi) is 5.20. The number of hydrogen-bond donors (Lipinski definition) is 2. The standard InChI is InChI=1S/C26H21FN2O5/c1-28-12-13-34-21-11-10-15(14-19(21)28)24(31)22-23(16-6-2-3-7-17(16)27)29(26(33)25(22)32)18-8-4-5-9-20(18)30/h2-11,14,23,30-31H,12-13H2,1H3/b24-22+. The maximum absolute atomic E-state index is 15.0. The van der Waals surface area contributed by atoms with E-state index in [4.69, 9.17) is 4.74 Å². The van der Waals surface area contributed by atoms with Gasteiger partial charge in [-0.15, -0.1) is 0 Å². The zero-order valence-electron chi connectivity index (χ0n) is 18.2. The number of para-hydroxylation sites is 2. The Hall–Kier alpha value is -4.33. The van der Waals surface area contributed by atoms with Crippen molar-refractivity contribution in [3.05, 3.63) is 89.2 Å². The highest BCUT2D eigenvalue weighted by molar-refractivity contribution is 6.52. The van der Waals surface area contributed by atoms with Crippen LogP contribution in [0, 0.1) is 5.82 Å². The fraction of sp³-hybridized carbons (Fsp3) is 0.154. The van der Waals surface area contributed by atoms with Crippen LogP contribution in [-0.4, -0.2) is 42.1 Å². The quantitative estimate of drug-likeness (QED) is 0.349. The summed E-state index contributed by atoms with van der Waals surface area (Å²) < 4.78 is 20.6. The van der Waals surface area contributed by atoms with Gasteiger partial charge in [-0.2, -0.15) is 0 Å². The van der Waals surface area contributed by atoms with Gasteiger partial charge in [-0.25, -0.2) is 4.39 Å². The van der Waals surface area contributed by atoms with Crippen LogP contribution in [0.15, 0.2) is 72.3 Å². The van der Waals surface area contributed by atoms with E-state index in [1.165, 1.54) is 30.3 Å². The summed E-state index contributed by atoms with van der Waals surface area (Å²) in [6.45, 7) is 1.16. The molecule has 2 N–H and O–H groups in total. The predicted octanol–water partition coefficient (Wildman–Crippen LogP) is 3.99. The van der Waals surface area contributed by atoms with Crippen molar-refractivity contribution in [2.75, 3.05) is 30.0 Å². The van der Waals surface area contributed by atoms with E-state index in [-0.39, 0.29) is 28.1 Å². The fourth-order valence-corrected chi connectivity index (χ4v) is 4.39. The van der Waals surface area contributed by atoms with Crippen LogP contribution in [0.1, 0.15) is 17.2 Å². The van der Waals surface area contributed by atoms with Gasteiger partial charge in [0.25, 0.3) is 11.7 Å². The number of phenols is 1. The first-order chi connectivity index (χ1) is 16.4. The van der Waals surface area contributed by atoms with Crippen molar-refractivity contribution in [3.63, 3.8) is 0 Å². The molecule has 1 saturated heterocycles. The topological polar surface area (TPSA) is 90.3 Å². The molecule has 0 aromatic heterocycles. The summed E-state index contributed by atoms with van der Waals surface area (Å²) in [5.41, 5.74) is 0.790. The minimum Gasteiger partial charge on any atom is -0.507 e. The van der Waals surface area contributed by atoms with Gasteiger partial charge in [-0.1, -0.05) is 30.3 Å². The highest BCUT2D eigenvalue weighted by Crippen LogP contribution is 2.45. The van der Waals surface area contributed by atoms with Crippen LogP contribution in [0.5, 0.6) is 11.5 Å². The second kappa shape index (κ2) is 8.22. The third-order valence-corrected chi connectivity index (χ3v) is 6.11. The lowest BCUT2D eigenvalue weighted by Gasteiger charge is -2.28. The minimum absolute atomic E-state index is 0.0184. The number of aliphatic hydroxyl groups is 1. The number of carbonyl (C=O) groups is 2. The van der Waals surface area contributed by atoms with Gasteiger partial charge >= 0.3 is 0 Å². The van der Waals surface area contributed by atoms with Gasteiger partial charge in [-0.3, -0.25) is 14.5 Å². The van der Waals surface area contributed by atoms with Crippen LogP contribution in [0.25, 0.3) is 5.76 Å². The number of halogens is 1. The number of benzene rings is 3. The van der Waals surface area contributed by atoms with Crippen molar-refractivity contribution >= 4 is 28.8 Å². The molecular weight excluding hydrogens is 439 g/mol. The van der Waals surface area contributed by atoms with E-state index in [2.05, 4.69) is 0 Å². The summed E-state index contributed by atoms with van der Waals surface area (Å²) >= 11 is 0. The van der Waals surface area contributed by atoms with Gasteiger partial charge in [0.05, 0.1) is 29.5 Å². The molecule has 1 atom stereocenters. The van der Waals surface area contributed by atoms with Crippen molar-refractivity contribution in [3.8, 4) is 11.5 Å². The molecule has 7 nitrogen and oxygen atoms in total. The summed E-state index contributed by atoms with van der Waals surface area (Å²) in [5, 5.41) is 21.7. The molecule has 0 spiro atoms. The number of nitrogens with zero attached hydrogens (tertiary/aromatic N) is 2. The number of likely N-dealkylation sites (N-methyl/N-ethyl adjacent to an activating group) is 1. The maximum Gasteiger partial charge on any atom is 0.300 e. The van der Waals surface area contributed by atoms with Crippen LogP contribution in [0.4, 0.5) is 15.8 Å². The van der Waals surface area contributed by atoms with E-state index >= 15 is 0 Å². The molecule has 3 aromatic rings. The molecular formula is C26H21FN2O5. The summed E-state index contributed by atoms with van der Waals surface area (Å²) in [5.74, 6) is -2.67. The smallest absolute Gasteiger partial charge is 0.300 e. The lowest BCUT2D eigenvalue weighted by Crippen LogP contribution is -2.30. The molecule has 2 aliphatic heterocycles. The first kappa shape index (κ1) is 21.5. The number of carbonyl (C=O) groups excluding carboxylic acids is 2. The number of ketones is 1. The Balaban J connectivity index is 1.73. The molecule has 0 saturated carbocycles. The molecule has 8 heteroatoms. The number of rotatable bonds is 3. The first-order valence-electron chi connectivity index (χ1n) is 10.7. The maximum atomic E-state index is 15.0. The van der Waals surface area contributed by atoms with Crippen molar-refractivity contribution in [1.82, 2.24) is 0 Å². The summed E-state index contributed by atoms with van der Waals surface area (Å²) in [6, 6.07) is 15.4. The number of ether oxygens (including phenoxy) is 1. The number of fused-ring (bicyclic) bond motifs is 1. The zero-order valence-corrected chi connectivity index (χ0v) is 18.2. The largest absolute Gasteiger partial charge is 0.507 e. The third kappa shape index (κ3) is 3.35. The van der Waals surface area contributed by atoms with Crippen LogP contribution >= 0.6 is 0 Å². The summed E-state index contributed by atoms with van der Waals surface area (Å²) in [7, 11) is 1.88. The number of Topliss-reactive ketones (excluding diaryl/α,β-unsaturated/α-hetero) is 1. The van der Waals surface area contributed by atoms with E-state index in [0.717, 1.165) is 4.90 Å². The average Bonchev–Trinajstić information content (AvgIpc) is 3.09. The molecule has 172 valence electrons. The molecule has 0 radical (unpaired) electrons. The Bertz CT molecular complexity index is 1350. The van der Waals surface area contributed by atoms with Gasteiger partial charge < -0.3 is 19.8 Å².